The number of hydrogen-bond donors (Lipinski definition) is 2. The summed E-state index contributed by atoms with van der Waals surface area (Å²) >= 11 is 0. The van der Waals surface area contributed by atoms with Crippen molar-refractivity contribution >= 4 is 11.6 Å². The third-order valence-electron chi connectivity index (χ3n) is 4.42. The highest BCUT2D eigenvalue weighted by atomic mass is 16.5. The molecule has 2 N–H and O–H groups in total. The van der Waals surface area contributed by atoms with Gasteiger partial charge in [0, 0.05) is 38.4 Å². The van der Waals surface area contributed by atoms with Gasteiger partial charge in [-0.25, -0.2) is 0 Å². The highest BCUT2D eigenvalue weighted by Crippen LogP contribution is 2.32. The van der Waals surface area contributed by atoms with E-state index in [1.807, 2.05) is 42.5 Å². The van der Waals surface area contributed by atoms with Gasteiger partial charge in [0.15, 0.2) is 17.5 Å². The Kier molecular flexibility index (Phi) is 8.01. The minimum absolute atomic E-state index is 0.591. The first-order valence-electron chi connectivity index (χ1n) is 9.86. The lowest BCUT2D eigenvalue weighted by atomic mass is 10.2. The molecule has 2 aromatic rings. The van der Waals surface area contributed by atoms with Crippen molar-refractivity contribution in [2.75, 3.05) is 45.8 Å². The maximum Gasteiger partial charge on any atom is 0.195 e. The van der Waals surface area contributed by atoms with Crippen LogP contribution in [0.4, 0.5) is 5.69 Å². The molecule has 0 unspecified atom stereocenters. The van der Waals surface area contributed by atoms with Crippen LogP contribution in [0.1, 0.15) is 18.4 Å². The quantitative estimate of drug-likeness (QED) is 0.402. The van der Waals surface area contributed by atoms with E-state index in [2.05, 4.69) is 15.6 Å². The fraction of sp³-hybridized carbons (Fsp3) is 0.409. The molecule has 0 radical (unpaired) electrons. The smallest absolute Gasteiger partial charge is 0.195 e. The average Bonchev–Trinajstić information content (AvgIpc) is 3.00. The van der Waals surface area contributed by atoms with E-state index in [0.29, 0.717) is 32.4 Å². The summed E-state index contributed by atoms with van der Waals surface area (Å²) in [6.45, 7) is 3.37. The van der Waals surface area contributed by atoms with Gasteiger partial charge in [0.05, 0.1) is 26.9 Å². The topological polar surface area (TPSA) is 73.3 Å². The molecule has 0 bridgehead atoms. The fourth-order valence-corrected chi connectivity index (χ4v) is 2.85. The van der Waals surface area contributed by atoms with Crippen molar-refractivity contribution in [1.29, 1.82) is 0 Å². The van der Waals surface area contributed by atoms with Crippen LogP contribution in [0.15, 0.2) is 47.5 Å². The van der Waals surface area contributed by atoms with Crippen LogP contribution < -0.4 is 24.8 Å². The molecule has 0 amide bonds. The number of guanidine groups is 1. The normalized spacial score (nSPS) is 13.5. The van der Waals surface area contributed by atoms with Crippen LogP contribution in [0.5, 0.6) is 17.2 Å². The first-order valence-corrected chi connectivity index (χ1v) is 9.86. The zero-order valence-corrected chi connectivity index (χ0v) is 17.1. The van der Waals surface area contributed by atoms with Gasteiger partial charge >= 0.3 is 0 Å². The van der Waals surface area contributed by atoms with Crippen molar-refractivity contribution in [3.8, 4) is 17.2 Å². The maximum absolute atomic E-state index is 5.73. The van der Waals surface area contributed by atoms with E-state index in [-0.39, 0.29) is 0 Å². The Bertz CT molecular complexity index is 793. The van der Waals surface area contributed by atoms with E-state index in [1.165, 1.54) is 0 Å². The van der Waals surface area contributed by atoms with Gasteiger partial charge in [0.25, 0.3) is 0 Å². The van der Waals surface area contributed by atoms with Gasteiger partial charge in [-0.05, 0) is 36.2 Å². The second-order valence-electron chi connectivity index (χ2n) is 6.59. The van der Waals surface area contributed by atoms with E-state index in [1.54, 1.807) is 14.2 Å². The molecule has 0 saturated carbocycles. The minimum Gasteiger partial charge on any atom is -0.497 e. The summed E-state index contributed by atoms with van der Waals surface area (Å²) in [5.74, 6) is 3.10. The molecule has 0 aliphatic carbocycles. The molecule has 0 aromatic heterocycles. The highest BCUT2D eigenvalue weighted by Gasteiger charge is 2.11. The number of ether oxygens (including phenoxy) is 4. The first kappa shape index (κ1) is 20.8. The zero-order chi connectivity index (χ0) is 20.3. The van der Waals surface area contributed by atoms with Crippen molar-refractivity contribution < 1.29 is 18.9 Å². The van der Waals surface area contributed by atoms with Crippen LogP contribution >= 0.6 is 0 Å². The molecule has 156 valence electrons. The van der Waals surface area contributed by atoms with Crippen LogP contribution in [-0.2, 0) is 11.3 Å². The summed E-state index contributed by atoms with van der Waals surface area (Å²) in [5, 5.41) is 6.57. The van der Waals surface area contributed by atoms with Crippen LogP contribution in [0.25, 0.3) is 0 Å². The Hall–Kier alpha value is -2.93. The largest absolute Gasteiger partial charge is 0.497 e. The van der Waals surface area contributed by atoms with E-state index in [0.717, 1.165) is 47.9 Å². The van der Waals surface area contributed by atoms with Crippen LogP contribution in [0.3, 0.4) is 0 Å². The number of rotatable bonds is 8. The monoisotopic (exact) mass is 399 g/mol. The van der Waals surface area contributed by atoms with Gasteiger partial charge < -0.3 is 29.6 Å². The summed E-state index contributed by atoms with van der Waals surface area (Å²) in [7, 11) is 3.41. The van der Waals surface area contributed by atoms with E-state index in [4.69, 9.17) is 18.9 Å². The van der Waals surface area contributed by atoms with Crippen LogP contribution in [-0.4, -0.2) is 46.5 Å². The van der Waals surface area contributed by atoms with Crippen molar-refractivity contribution in [3.63, 3.8) is 0 Å². The molecule has 0 saturated heterocycles. The van der Waals surface area contributed by atoms with Crippen LogP contribution in [0, 0.1) is 0 Å². The Labute approximate surface area is 172 Å². The van der Waals surface area contributed by atoms with Gasteiger partial charge in [-0.1, -0.05) is 12.1 Å². The lowest BCUT2D eigenvalue weighted by Crippen LogP contribution is -2.31. The molecule has 0 fully saturated rings. The van der Waals surface area contributed by atoms with Gasteiger partial charge in [-0.2, -0.15) is 0 Å². The molecule has 0 spiro atoms. The van der Waals surface area contributed by atoms with E-state index >= 15 is 0 Å². The average molecular weight is 399 g/mol. The molecule has 29 heavy (non-hydrogen) atoms. The molecule has 7 heteroatoms. The summed E-state index contributed by atoms with van der Waals surface area (Å²) in [6, 6.07) is 13.7. The second-order valence-corrected chi connectivity index (χ2v) is 6.59. The lowest BCUT2D eigenvalue weighted by Gasteiger charge is -2.14. The lowest BCUT2D eigenvalue weighted by molar-refractivity contribution is 0.119. The van der Waals surface area contributed by atoms with Gasteiger partial charge in [-0.3, -0.25) is 4.99 Å². The second kappa shape index (κ2) is 11.2. The van der Waals surface area contributed by atoms with Crippen molar-refractivity contribution in [2.45, 2.75) is 19.4 Å². The molecule has 2 aromatic carbocycles. The Morgan fingerprint density at radius 1 is 1.07 bits per heavy atom. The molecule has 1 heterocycles. The van der Waals surface area contributed by atoms with E-state index in [9.17, 15) is 0 Å². The number of aliphatic imine (C=N–C) groups is 1. The third-order valence-corrected chi connectivity index (χ3v) is 4.42. The number of benzene rings is 2. The number of nitrogens with zero attached hydrogens (tertiary/aromatic N) is 1. The van der Waals surface area contributed by atoms with Crippen molar-refractivity contribution in [2.24, 2.45) is 4.99 Å². The summed E-state index contributed by atoms with van der Waals surface area (Å²) in [4.78, 5) is 4.27. The molecule has 0 atom stereocenters. The number of fused-ring (bicyclic) bond motifs is 1. The molecule has 7 nitrogen and oxygen atoms in total. The fourth-order valence-electron chi connectivity index (χ4n) is 2.85. The molecule has 3 rings (SSSR count). The molecule has 1 aliphatic rings. The predicted molar refractivity (Wildman–Crippen MR) is 114 cm³/mol. The molecular formula is C22H29N3O4. The molecule has 1 aliphatic heterocycles. The van der Waals surface area contributed by atoms with Crippen LogP contribution in [0.2, 0.25) is 0 Å². The summed E-state index contributed by atoms with van der Waals surface area (Å²) in [5.41, 5.74) is 2.03. The van der Waals surface area contributed by atoms with E-state index < -0.39 is 0 Å². The third kappa shape index (κ3) is 6.57. The number of methoxy groups -OCH3 is 1. The predicted octanol–water partition coefficient (Wildman–Crippen LogP) is 3.45. The van der Waals surface area contributed by atoms with Gasteiger partial charge in [0.2, 0.25) is 0 Å². The van der Waals surface area contributed by atoms with Crippen molar-refractivity contribution in [1.82, 2.24) is 5.32 Å². The van der Waals surface area contributed by atoms with Crippen molar-refractivity contribution in [3.05, 3.63) is 48.0 Å². The SMILES string of the molecule is CN=C(NCCCOCc1ccc(OC)cc1)Nc1ccc2c(c1)OCCCO2. The number of hydrogen-bond acceptors (Lipinski definition) is 5. The Morgan fingerprint density at radius 2 is 1.86 bits per heavy atom. The Balaban J connectivity index is 1.36. The van der Waals surface area contributed by atoms with Gasteiger partial charge in [0.1, 0.15) is 5.75 Å². The molecular weight excluding hydrogens is 370 g/mol. The standard InChI is InChI=1S/C22H29N3O4/c1-23-22(25-18-7-10-20-21(15-18)29-14-4-13-28-20)24-11-3-12-27-16-17-5-8-19(26-2)9-6-17/h5-10,15H,3-4,11-14,16H2,1-2H3,(H2,23,24,25). The minimum atomic E-state index is 0.591. The van der Waals surface area contributed by atoms with Gasteiger partial charge in [-0.15, -0.1) is 0 Å². The Morgan fingerprint density at radius 3 is 2.62 bits per heavy atom. The zero-order valence-electron chi connectivity index (χ0n) is 17.1. The summed E-state index contributed by atoms with van der Waals surface area (Å²) < 4.78 is 22.3. The number of nitrogens with one attached hydrogen (secondary N) is 2. The highest BCUT2D eigenvalue weighted by molar-refractivity contribution is 5.93. The number of anilines is 1. The maximum atomic E-state index is 5.73. The summed E-state index contributed by atoms with van der Waals surface area (Å²) in [6.07, 6.45) is 1.76. The first-order chi connectivity index (χ1) is 14.3.